The Bertz CT molecular complexity index is 744. The lowest BCUT2D eigenvalue weighted by molar-refractivity contribution is 0.277. The summed E-state index contributed by atoms with van der Waals surface area (Å²) in [5.41, 5.74) is 1.34. The highest BCUT2D eigenvalue weighted by Crippen LogP contribution is 2.37. The number of benzene rings is 2. The monoisotopic (exact) mass is 474 g/mol. The molecule has 0 aliphatic carbocycles. The molecule has 0 atom stereocenters. The molecule has 3 N–H and O–H groups in total. The summed E-state index contributed by atoms with van der Waals surface area (Å²) < 4.78 is 25.9. The lowest BCUT2D eigenvalue weighted by atomic mass is 10.2. The first-order chi connectivity index (χ1) is 13.6. The van der Waals surface area contributed by atoms with Gasteiger partial charge in [0.15, 0.2) is 11.5 Å². The number of halogens is 3. The van der Waals surface area contributed by atoms with E-state index in [1.165, 1.54) is 6.07 Å². The summed E-state index contributed by atoms with van der Waals surface area (Å²) in [5, 5.41) is 15.5. The number of rotatable bonds is 12. The van der Waals surface area contributed by atoms with Crippen LogP contribution in [0.15, 0.2) is 34.8 Å². The summed E-state index contributed by atoms with van der Waals surface area (Å²) in [6.07, 6.45) is 0.961. The van der Waals surface area contributed by atoms with Crippen LogP contribution in [-0.2, 0) is 13.2 Å². The predicted molar refractivity (Wildman–Crippen MR) is 113 cm³/mol. The van der Waals surface area contributed by atoms with E-state index in [1.807, 2.05) is 12.1 Å². The van der Waals surface area contributed by atoms with Gasteiger partial charge in [-0.15, -0.1) is 0 Å². The fourth-order valence-corrected chi connectivity index (χ4v) is 3.43. The third kappa shape index (κ3) is 6.90. The molecule has 28 heavy (non-hydrogen) atoms. The van der Waals surface area contributed by atoms with Gasteiger partial charge in [-0.1, -0.05) is 17.7 Å². The van der Waals surface area contributed by atoms with Crippen molar-refractivity contribution in [3.8, 4) is 11.5 Å². The molecular weight excluding hydrogens is 451 g/mol. The van der Waals surface area contributed by atoms with Gasteiger partial charge < -0.3 is 25.2 Å². The van der Waals surface area contributed by atoms with Crippen molar-refractivity contribution < 1.29 is 19.0 Å². The fraction of sp³-hybridized carbons (Fsp3) is 0.400. The zero-order valence-electron chi connectivity index (χ0n) is 15.7. The molecule has 0 unspecified atom stereocenters. The normalized spacial score (nSPS) is 10.9. The minimum atomic E-state index is -0.406. The molecule has 0 radical (unpaired) electrons. The molecule has 0 heterocycles. The van der Waals surface area contributed by atoms with E-state index in [0.717, 1.165) is 29.5 Å². The Balaban J connectivity index is 1.95. The molecule has 0 bridgehead atoms. The number of ether oxygens (including phenoxy) is 2. The van der Waals surface area contributed by atoms with Crippen LogP contribution in [0, 0.1) is 5.82 Å². The quantitative estimate of drug-likeness (QED) is 0.407. The van der Waals surface area contributed by atoms with E-state index in [4.69, 9.17) is 26.2 Å². The van der Waals surface area contributed by atoms with Gasteiger partial charge in [0, 0.05) is 18.7 Å². The molecule has 0 aliphatic heterocycles. The van der Waals surface area contributed by atoms with Gasteiger partial charge in [-0.2, -0.15) is 0 Å². The van der Waals surface area contributed by atoms with Crippen LogP contribution in [-0.4, -0.2) is 38.5 Å². The summed E-state index contributed by atoms with van der Waals surface area (Å²) in [4.78, 5) is 0. The van der Waals surface area contributed by atoms with E-state index >= 15 is 0 Å². The third-order valence-electron chi connectivity index (χ3n) is 4.04. The standard InChI is InChI=1S/C20H25BrClFN2O3/c1-27-19-11-14(12-25-7-3-6-24-8-9-26)10-16(21)20(19)28-13-15-17(22)4-2-5-18(15)23/h2,4-5,10-11,24-26H,3,6-9,12-13H2,1H3. The van der Waals surface area contributed by atoms with Crippen LogP contribution >= 0.6 is 27.5 Å². The zero-order chi connectivity index (χ0) is 20.4. The van der Waals surface area contributed by atoms with Gasteiger partial charge in [0.2, 0.25) is 0 Å². The first kappa shape index (κ1) is 22.9. The minimum Gasteiger partial charge on any atom is -0.493 e. The molecule has 8 heteroatoms. The van der Waals surface area contributed by atoms with E-state index in [9.17, 15) is 4.39 Å². The molecule has 2 rings (SSSR count). The molecule has 0 aromatic heterocycles. The minimum absolute atomic E-state index is 0.00109. The highest BCUT2D eigenvalue weighted by molar-refractivity contribution is 9.10. The van der Waals surface area contributed by atoms with Crippen LogP contribution in [0.5, 0.6) is 11.5 Å². The van der Waals surface area contributed by atoms with Gasteiger partial charge >= 0.3 is 0 Å². The first-order valence-electron chi connectivity index (χ1n) is 9.01. The van der Waals surface area contributed by atoms with Crippen LogP contribution in [0.2, 0.25) is 5.02 Å². The Morgan fingerprint density at radius 1 is 1.18 bits per heavy atom. The average molecular weight is 476 g/mol. The molecular formula is C20H25BrClFN2O3. The molecule has 154 valence electrons. The van der Waals surface area contributed by atoms with Crippen molar-refractivity contribution in [1.29, 1.82) is 0 Å². The van der Waals surface area contributed by atoms with Crippen LogP contribution < -0.4 is 20.1 Å². The summed E-state index contributed by atoms with van der Waals surface area (Å²) in [7, 11) is 1.56. The number of nitrogens with one attached hydrogen (secondary N) is 2. The van der Waals surface area contributed by atoms with Crippen molar-refractivity contribution in [2.45, 2.75) is 19.6 Å². The second-order valence-electron chi connectivity index (χ2n) is 6.10. The van der Waals surface area contributed by atoms with Crippen molar-refractivity contribution in [1.82, 2.24) is 10.6 Å². The summed E-state index contributed by atoms with van der Waals surface area (Å²) in [6.45, 7) is 3.14. The SMILES string of the molecule is COc1cc(CNCCCNCCO)cc(Br)c1OCc1c(F)cccc1Cl. The lowest BCUT2D eigenvalue weighted by Gasteiger charge is -2.15. The van der Waals surface area contributed by atoms with Crippen LogP contribution in [0.1, 0.15) is 17.5 Å². The van der Waals surface area contributed by atoms with E-state index in [0.29, 0.717) is 35.2 Å². The smallest absolute Gasteiger partial charge is 0.175 e. The molecule has 0 saturated heterocycles. The van der Waals surface area contributed by atoms with Crippen molar-refractivity contribution in [2.24, 2.45) is 0 Å². The molecule has 0 fully saturated rings. The second-order valence-corrected chi connectivity index (χ2v) is 7.36. The number of hydrogen-bond donors (Lipinski definition) is 3. The Morgan fingerprint density at radius 2 is 1.96 bits per heavy atom. The van der Waals surface area contributed by atoms with Gasteiger partial charge in [-0.25, -0.2) is 4.39 Å². The Labute approximate surface area is 178 Å². The number of aliphatic hydroxyl groups excluding tert-OH is 1. The number of methoxy groups -OCH3 is 1. The van der Waals surface area contributed by atoms with Crippen molar-refractivity contribution in [3.63, 3.8) is 0 Å². The van der Waals surface area contributed by atoms with Gasteiger partial charge in [-0.05, 0) is 65.3 Å². The van der Waals surface area contributed by atoms with E-state index in [2.05, 4.69) is 26.6 Å². The number of hydrogen-bond acceptors (Lipinski definition) is 5. The van der Waals surface area contributed by atoms with E-state index in [-0.39, 0.29) is 13.2 Å². The highest BCUT2D eigenvalue weighted by atomic mass is 79.9. The molecule has 0 amide bonds. The van der Waals surface area contributed by atoms with E-state index in [1.54, 1.807) is 19.2 Å². The van der Waals surface area contributed by atoms with Gasteiger partial charge in [0.05, 0.1) is 23.2 Å². The average Bonchev–Trinajstić information content (AvgIpc) is 2.67. The fourth-order valence-electron chi connectivity index (χ4n) is 2.61. The first-order valence-corrected chi connectivity index (χ1v) is 10.2. The van der Waals surface area contributed by atoms with Gasteiger partial charge in [-0.3, -0.25) is 0 Å². The summed E-state index contributed by atoms with van der Waals surface area (Å²) >= 11 is 9.56. The largest absolute Gasteiger partial charge is 0.493 e. The maximum atomic E-state index is 13.9. The maximum Gasteiger partial charge on any atom is 0.175 e. The van der Waals surface area contributed by atoms with Gasteiger partial charge in [0.25, 0.3) is 0 Å². The van der Waals surface area contributed by atoms with Crippen molar-refractivity contribution in [3.05, 3.63) is 56.8 Å². The van der Waals surface area contributed by atoms with Crippen LogP contribution in [0.3, 0.4) is 0 Å². The van der Waals surface area contributed by atoms with Crippen molar-refractivity contribution >= 4 is 27.5 Å². The Hall–Kier alpha value is -1.38. The Kier molecular flexibility index (Phi) is 10.0. The highest BCUT2D eigenvalue weighted by Gasteiger charge is 2.14. The predicted octanol–water partition coefficient (Wildman–Crippen LogP) is 3.89. The zero-order valence-corrected chi connectivity index (χ0v) is 18.1. The third-order valence-corrected chi connectivity index (χ3v) is 4.98. The van der Waals surface area contributed by atoms with Crippen LogP contribution in [0.4, 0.5) is 4.39 Å². The molecule has 5 nitrogen and oxygen atoms in total. The molecule has 0 saturated carbocycles. The summed E-state index contributed by atoms with van der Waals surface area (Å²) in [6, 6.07) is 8.37. The summed E-state index contributed by atoms with van der Waals surface area (Å²) in [5.74, 6) is 0.652. The van der Waals surface area contributed by atoms with Crippen LogP contribution in [0.25, 0.3) is 0 Å². The second kappa shape index (κ2) is 12.2. The lowest BCUT2D eigenvalue weighted by Crippen LogP contribution is -2.23. The molecule has 2 aromatic carbocycles. The molecule has 0 spiro atoms. The molecule has 2 aromatic rings. The molecule has 0 aliphatic rings. The van der Waals surface area contributed by atoms with Gasteiger partial charge in [0.1, 0.15) is 12.4 Å². The topological polar surface area (TPSA) is 62.8 Å². The Morgan fingerprint density at radius 3 is 2.68 bits per heavy atom. The van der Waals surface area contributed by atoms with Crippen molar-refractivity contribution in [2.75, 3.05) is 33.4 Å². The number of aliphatic hydroxyl groups is 1. The maximum absolute atomic E-state index is 13.9. The van der Waals surface area contributed by atoms with E-state index < -0.39 is 5.82 Å².